The topological polar surface area (TPSA) is 53.5 Å². The summed E-state index contributed by atoms with van der Waals surface area (Å²) in [5.41, 5.74) is 5.17. The standard InChI is InChI=1S/C21H20ClN3O/c1-14(17-8-7-16-5-3-4-6-18(16)13-17)24-25-21(26)15(2)23-20-11-9-19(22)10-12-20/h3-13,15,23H,1-2H3,(H,25,26)/t15-/m1/s1. The van der Waals surface area contributed by atoms with E-state index in [1.54, 1.807) is 19.1 Å². The minimum Gasteiger partial charge on any atom is -0.374 e. The molecule has 0 spiro atoms. The normalized spacial score (nSPS) is 12.7. The summed E-state index contributed by atoms with van der Waals surface area (Å²) >= 11 is 5.87. The highest BCUT2D eigenvalue weighted by atomic mass is 35.5. The van der Waals surface area contributed by atoms with Crippen LogP contribution in [0.2, 0.25) is 5.02 Å². The van der Waals surface area contributed by atoms with Crippen LogP contribution in [0.3, 0.4) is 0 Å². The van der Waals surface area contributed by atoms with E-state index in [9.17, 15) is 4.79 Å². The summed E-state index contributed by atoms with van der Waals surface area (Å²) < 4.78 is 0. The maximum atomic E-state index is 12.3. The lowest BCUT2D eigenvalue weighted by molar-refractivity contribution is -0.121. The van der Waals surface area contributed by atoms with Gasteiger partial charge in [0.1, 0.15) is 6.04 Å². The predicted molar refractivity (Wildman–Crippen MR) is 109 cm³/mol. The van der Waals surface area contributed by atoms with Gasteiger partial charge in [-0.1, -0.05) is 48.0 Å². The van der Waals surface area contributed by atoms with Crippen LogP contribution in [-0.4, -0.2) is 17.7 Å². The van der Waals surface area contributed by atoms with Crippen molar-refractivity contribution in [1.82, 2.24) is 5.43 Å². The Morgan fingerprint density at radius 2 is 1.69 bits per heavy atom. The van der Waals surface area contributed by atoms with Gasteiger partial charge in [0.15, 0.2) is 0 Å². The van der Waals surface area contributed by atoms with Gasteiger partial charge in [0.05, 0.1) is 5.71 Å². The number of nitrogens with zero attached hydrogens (tertiary/aromatic N) is 1. The lowest BCUT2D eigenvalue weighted by atomic mass is 10.0. The lowest BCUT2D eigenvalue weighted by Crippen LogP contribution is -2.35. The van der Waals surface area contributed by atoms with Crippen molar-refractivity contribution < 1.29 is 4.79 Å². The maximum absolute atomic E-state index is 12.3. The Balaban J connectivity index is 1.65. The second-order valence-corrected chi connectivity index (χ2v) is 6.54. The predicted octanol–water partition coefficient (Wildman–Crippen LogP) is 4.83. The molecule has 3 aromatic carbocycles. The summed E-state index contributed by atoms with van der Waals surface area (Å²) in [5.74, 6) is -0.208. The first-order chi connectivity index (χ1) is 12.5. The molecule has 5 heteroatoms. The number of anilines is 1. The quantitative estimate of drug-likeness (QED) is 0.502. The molecule has 0 aliphatic carbocycles. The van der Waals surface area contributed by atoms with Crippen molar-refractivity contribution in [3.8, 4) is 0 Å². The van der Waals surface area contributed by atoms with Crippen molar-refractivity contribution >= 4 is 39.7 Å². The first-order valence-electron chi connectivity index (χ1n) is 8.38. The number of halogens is 1. The molecule has 0 aliphatic rings. The van der Waals surface area contributed by atoms with Gasteiger partial charge in [0, 0.05) is 10.7 Å². The highest BCUT2D eigenvalue weighted by Crippen LogP contribution is 2.16. The molecule has 1 amide bonds. The fourth-order valence-corrected chi connectivity index (χ4v) is 2.70. The molecule has 0 saturated heterocycles. The smallest absolute Gasteiger partial charge is 0.262 e. The monoisotopic (exact) mass is 365 g/mol. The zero-order valence-electron chi connectivity index (χ0n) is 14.7. The number of hydrazone groups is 1. The molecule has 0 aliphatic heterocycles. The van der Waals surface area contributed by atoms with Crippen molar-refractivity contribution in [3.05, 3.63) is 77.3 Å². The first kappa shape index (κ1) is 18.0. The van der Waals surface area contributed by atoms with Gasteiger partial charge in [-0.25, -0.2) is 5.43 Å². The SMILES string of the molecule is CC(=NNC(=O)[C@@H](C)Nc1ccc(Cl)cc1)c1ccc2ccccc2c1. The Kier molecular flexibility index (Phi) is 5.54. The van der Waals surface area contributed by atoms with E-state index < -0.39 is 6.04 Å². The average molecular weight is 366 g/mol. The van der Waals surface area contributed by atoms with Crippen LogP contribution in [0.15, 0.2) is 71.8 Å². The zero-order valence-corrected chi connectivity index (χ0v) is 15.4. The Morgan fingerprint density at radius 1 is 1.00 bits per heavy atom. The van der Waals surface area contributed by atoms with E-state index in [1.807, 2.05) is 37.3 Å². The Bertz CT molecular complexity index is 951. The van der Waals surface area contributed by atoms with Crippen LogP contribution in [0.5, 0.6) is 0 Å². The molecule has 0 radical (unpaired) electrons. The summed E-state index contributed by atoms with van der Waals surface area (Å²) in [5, 5.41) is 10.3. The highest BCUT2D eigenvalue weighted by molar-refractivity contribution is 6.30. The Hall–Kier alpha value is -2.85. The van der Waals surface area contributed by atoms with Crippen LogP contribution in [0.1, 0.15) is 19.4 Å². The highest BCUT2D eigenvalue weighted by Gasteiger charge is 2.12. The first-order valence-corrected chi connectivity index (χ1v) is 8.76. The van der Waals surface area contributed by atoms with E-state index in [4.69, 9.17) is 11.6 Å². The van der Waals surface area contributed by atoms with Crippen LogP contribution in [0.4, 0.5) is 5.69 Å². The van der Waals surface area contributed by atoms with Gasteiger partial charge in [-0.05, 0) is 60.5 Å². The number of carbonyl (C=O) groups excluding carboxylic acids is 1. The minimum atomic E-state index is -0.427. The van der Waals surface area contributed by atoms with Crippen LogP contribution in [-0.2, 0) is 4.79 Å². The van der Waals surface area contributed by atoms with Crippen LogP contribution < -0.4 is 10.7 Å². The third-order valence-corrected chi connectivity index (χ3v) is 4.37. The molecule has 3 aromatic rings. The van der Waals surface area contributed by atoms with Crippen molar-refractivity contribution in [3.63, 3.8) is 0 Å². The summed E-state index contributed by atoms with van der Waals surface area (Å²) in [6, 6.07) is 21.0. The summed E-state index contributed by atoms with van der Waals surface area (Å²) in [7, 11) is 0. The van der Waals surface area contributed by atoms with Gasteiger partial charge in [0.25, 0.3) is 5.91 Å². The third-order valence-electron chi connectivity index (χ3n) is 4.12. The zero-order chi connectivity index (χ0) is 18.5. The van der Waals surface area contributed by atoms with Gasteiger partial charge < -0.3 is 5.32 Å². The number of amides is 1. The van der Waals surface area contributed by atoms with Gasteiger partial charge in [0.2, 0.25) is 0 Å². The number of hydrogen-bond acceptors (Lipinski definition) is 3. The van der Waals surface area contributed by atoms with Crippen molar-refractivity contribution in [2.75, 3.05) is 5.32 Å². The molecule has 3 rings (SSSR count). The van der Waals surface area contributed by atoms with Gasteiger partial charge >= 0.3 is 0 Å². The molecule has 0 aromatic heterocycles. The van der Waals surface area contributed by atoms with E-state index in [2.05, 4.69) is 40.1 Å². The second kappa shape index (κ2) is 8.02. The van der Waals surface area contributed by atoms with E-state index in [1.165, 1.54) is 5.39 Å². The molecule has 0 bridgehead atoms. The third kappa shape index (κ3) is 4.41. The molecule has 0 fully saturated rings. The number of fused-ring (bicyclic) bond motifs is 1. The van der Waals surface area contributed by atoms with E-state index in [0.29, 0.717) is 5.02 Å². The van der Waals surface area contributed by atoms with Gasteiger partial charge in [-0.3, -0.25) is 4.79 Å². The summed E-state index contributed by atoms with van der Waals surface area (Å²) in [6.45, 7) is 3.66. The molecular weight excluding hydrogens is 346 g/mol. The van der Waals surface area contributed by atoms with Crippen LogP contribution in [0, 0.1) is 0 Å². The fourth-order valence-electron chi connectivity index (χ4n) is 2.58. The second-order valence-electron chi connectivity index (χ2n) is 6.11. The summed E-state index contributed by atoms with van der Waals surface area (Å²) in [4.78, 5) is 12.3. The average Bonchev–Trinajstić information content (AvgIpc) is 2.67. The number of hydrogen-bond donors (Lipinski definition) is 2. The van der Waals surface area contributed by atoms with Crippen molar-refractivity contribution in [2.45, 2.75) is 19.9 Å². The largest absolute Gasteiger partial charge is 0.374 e. The fraction of sp³-hybridized carbons (Fsp3) is 0.143. The molecule has 0 heterocycles. The van der Waals surface area contributed by atoms with E-state index in [0.717, 1.165) is 22.3 Å². The molecule has 2 N–H and O–H groups in total. The van der Waals surface area contributed by atoms with E-state index >= 15 is 0 Å². The number of carbonyl (C=O) groups is 1. The Labute approximate surface area is 157 Å². The number of rotatable bonds is 5. The molecule has 4 nitrogen and oxygen atoms in total. The van der Waals surface area contributed by atoms with E-state index in [-0.39, 0.29) is 5.91 Å². The molecule has 0 unspecified atom stereocenters. The van der Waals surface area contributed by atoms with Gasteiger partial charge in [-0.15, -0.1) is 0 Å². The molecule has 26 heavy (non-hydrogen) atoms. The molecule has 0 saturated carbocycles. The molecule has 1 atom stereocenters. The van der Waals surface area contributed by atoms with Crippen LogP contribution in [0.25, 0.3) is 10.8 Å². The van der Waals surface area contributed by atoms with Gasteiger partial charge in [-0.2, -0.15) is 5.10 Å². The number of nitrogens with one attached hydrogen (secondary N) is 2. The molecular formula is C21H20ClN3O. The number of benzene rings is 3. The van der Waals surface area contributed by atoms with Crippen molar-refractivity contribution in [1.29, 1.82) is 0 Å². The summed E-state index contributed by atoms with van der Waals surface area (Å²) in [6.07, 6.45) is 0. The minimum absolute atomic E-state index is 0.208. The van der Waals surface area contributed by atoms with Crippen molar-refractivity contribution in [2.24, 2.45) is 5.10 Å². The lowest BCUT2D eigenvalue weighted by Gasteiger charge is -2.14. The maximum Gasteiger partial charge on any atom is 0.262 e. The molecule has 132 valence electrons. The van der Waals surface area contributed by atoms with Crippen LogP contribution >= 0.6 is 11.6 Å². The Morgan fingerprint density at radius 3 is 2.42 bits per heavy atom.